The van der Waals surface area contributed by atoms with Gasteiger partial charge in [-0.2, -0.15) is 0 Å². The maximum atomic E-state index is 11.0. The van der Waals surface area contributed by atoms with Crippen molar-refractivity contribution < 1.29 is 14.8 Å². The number of rotatable bonds is 8. The van der Waals surface area contributed by atoms with Crippen LogP contribution in [0.1, 0.15) is 34.1 Å². The van der Waals surface area contributed by atoms with Gasteiger partial charge >= 0.3 is 5.69 Å². The minimum atomic E-state index is -0.463. The molecule has 0 saturated heterocycles. The second-order valence-corrected chi connectivity index (χ2v) is 5.77. The van der Waals surface area contributed by atoms with Crippen molar-refractivity contribution in [3.05, 3.63) is 28.3 Å². The second kappa shape index (κ2) is 7.83. The van der Waals surface area contributed by atoms with Crippen LogP contribution >= 0.6 is 0 Å². The molecule has 0 amide bonds. The van der Waals surface area contributed by atoms with Crippen molar-refractivity contribution in [1.82, 2.24) is 0 Å². The van der Waals surface area contributed by atoms with Crippen LogP contribution < -0.4 is 10.1 Å². The van der Waals surface area contributed by atoms with Crippen LogP contribution in [0.15, 0.2) is 18.2 Å². The lowest BCUT2D eigenvalue weighted by Crippen LogP contribution is -2.21. The number of nitrogens with one attached hydrogen (secondary N) is 1. The summed E-state index contributed by atoms with van der Waals surface area (Å²) in [5.74, 6) is 0.650. The molecule has 1 atom stereocenters. The minimum absolute atomic E-state index is 0.0584. The van der Waals surface area contributed by atoms with Gasteiger partial charge in [-0.15, -0.1) is 0 Å². The number of hydrogen-bond acceptors (Lipinski definition) is 5. The summed E-state index contributed by atoms with van der Waals surface area (Å²) in [5, 5.41) is 23.9. The van der Waals surface area contributed by atoms with Gasteiger partial charge in [-0.1, -0.05) is 13.8 Å². The van der Waals surface area contributed by atoms with E-state index in [1.165, 1.54) is 6.07 Å². The first-order valence-corrected chi connectivity index (χ1v) is 7.16. The standard InChI is InChI=1S/C15H24N2O4/c1-10(2)7-13(18)9-16-12-5-6-14(17(19)20)15(8-12)21-11(3)4/h5-6,8,10-11,13,16,18H,7,9H2,1-4H3. The van der Waals surface area contributed by atoms with E-state index in [1.807, 2.05) is 27.7 Å². The van der Waals surface area contributed by atoms with Gasteiger partial charge in [-0.05, 0) is 32.3 Å². The third-order valence-electron chi connectivity index (χ3n) is 2.80. The van der Waals surface area contributed by atoms with Gasteiger partial charge in [0.25, 0.3) is 0 Å². The van der Waals surface area contributed by atoms with Crippen LogP contribution in [0.5, 0.6) is 5.75 Å². The number of ether oxygens (including phenoxy) is 1. The molecule has 1 unspecified atom stereocenters. The molecule has 0 aromatic heterocycles. The SMILES string of the molecule is CC(C)CC(O)CNc1ccc([N+](=O)[O-])c(OC(C)C)c1. The molecule has 0 spiro atoms. The maximum absolute atomic E-state index is 11.0. The molecule has 6 nitrogen and oxygen atoms in total. The predicted molar refractivity (Wildman–Crippen MR) is 82.8 cm³/mol. The summed E-state index contributed by atoms with van der Waals surface area (Å²) in [6, 6.07) is 4.63. The Morgan fingerprint density at radius 1 is 1.33 bits per heavy atom. The van der Waals surface area contributed by atoms with Gasteiger partial charge in [0.1, 0.15) is 0 Å². The number of aliphatic hydroxyl groups is 1. The zero-order chi connectivity index (χ0) is 16.0. The van der Waals surface area contributed by atoms with E-state index in [1.54, 1.807) is 12.1 Å². The fraction of sp³-hybridized carbons (Fsp3) is 0.600. The molecule has 1 aromatic carbocycles. The third-order valence-corrected chi connectivity index (χ3v) is 2.80. The van der Waals surface area contributed by atoms with Gasteiger partial charge in [0.15, 0.2) is 5.75 Å². The molecule has 21 heavy (non-hydrogen) atoms. The average molecular weight is 296 g/mol. The number of hydrogen-bond donors (Lipinski definition) is 2. The Morgan fingerprint density at radius 2 is 2.00 bits per heavy atom. The molecule has 2 N–H and O–H groups in total. The minimum Gasteiger partial charge on any atom is -0.484 e. The van der Waals surface area contributed by atoms with E-state index in [4.69, 9.17) is 4.74 Å². The van der Waals surface area contributed by atoms with Gasteiger partial charge in [0.05, 0.1) is 17.1 Å². The van der Waals surface area contributed by atoms with E-state index in [0.29, 0.717) is 24.6 Å². The Hall–Kier alpha value is -1.82. The van der Waals surface area contributed by atoms with Crippen molar-refractivity contribution in [3.63, 3.8) is 0 Å². The first-order valence-electron chi connectivity index (χ1n) is 7.16. The summed E-state index contributed by atoms with van der Waals surface area (Å²) in [5.41, 5.74) is 0.635. The number of anilines is 1. The smallest absolute Gasteiger partial charge is 0.311 e. The van der Waals surface area contributed by atoms with E-state index in [9.17, 15) is 15.2 Å². The Kier molecular flexibility index (Phi) is 6.42. The zero-order valence-electron chi connectivity index (χ0n) is 13.0. The quantitative estimate of drug-likeness (QED) is 0.568. The number of benzene rings is 1. The van der Waals surface area contributed by atoms with Crippen LogP contribution in [0.4, 0.5) is 11.4 Å². The summed E-state index contributed by atoms with van der Waals surface area (Å²) in [7, 11) is 0. The lowest BCUT2D eigenvalue weighted by Gasteiger charge is -2.16. The molecular weight excluding hydrogens is 272 g/mol. The third kappa shape index (κ3) is 5.99. The number of aliphatic hydroxyl groups excluding tert-OH is 1. The van der Waals surface area contributed by atoms with Gasteiger partial charge in [0, 0.05) is 24.4 Å². The van der Waals surface area contributed by atoms with Crippen LogP contribution in [0.25, 0.3) is 0 Å². The highest BCUT2D eigenvalue weighted by atomic mass is 16.6. The first-order chi connectivity index (χ1) is 9.79. The number of nitrogens with zero attached hydrogens (tertiary/aromatic N) is 1. The molecule has 118 valence electrons. The molecule has 1 aromatic rings. The zero-order valence-corrected chi connectivity index (χ0v) is 13.0. The molecule has 0 bridgehead atoms. The Morgan fingerprint density at radius 3 is 2.52 bits per heavy atom. The summed E-state index contributed by atoms with van der Waals surface area (Å²) < 4.78 is 5.47. The van der Waals surface area contributed by atoms with Gasteiger partial charge < -0.3 is 15.2 Å². The fourth-order valence-corrected chi connectivity index (χ4v) is 1.99. The van der Waals surface area contributed by atoms with Crippen LogP contribution in [0, 0.1) is 16.0 Å². The molecule has 0 aliphatic rings. The summed E-state index contributed by atoms with van der Waals surface area (Å²) >= 11 is 0. The summed E-state index contributed by atoms with van der Waals surface area (Å²) in [6.45, 7) is 8.12. The highest BCUT2D eigenvalue weighted by molar-refractivity contribution is 5.58. The lowest BCUT2D eigenvalue weighted by molar-refractivity contribution is -0.386. The molecule has 6 heteroatoms. The van der Waals surface area contributed by atoms with E-state index in [2.05, 4.69) is 5.32 Å². The van der Waals surface area contributed by atoms with Crippen molar-refractivity contribution in [3.8, 4) is 5.75 Å². The van der Waals surface area contributed by atoms with Crippen molar-refractivity contribution in [2.75, 3.05) is 11.9 Å². The highest BCUT2D eigenvalue weighted by Gasteiger charge is 2.17. The molecule has 0 aliphatic carbocycles. The largest absolute Gasteiger partial charge is 0.484 e. The average Bonchev–Trinajstić information content (AvgIpc) is 2.34. The summed E-state index contributed by atoms with van der Waals surface area (Å²) in [4.78, 5) is 10.5. The van der Waals surface area contributed by atoms with Crippen molar-refractivity contribution in [2.45, 2.75) is 46.3 Å². The molecule has 1 rings (SSSR count). The highest BCUT2D eigenvalue weighted by Crippen LogP contribution is 2.30. The van der Waals surface area contributed by atoms with Crippen LogP contribution in [-0.2, 0) is 0 Å². The molecule has 0 aliphatic heterocycles. The van der Waals surface area contributed by atoms with Crippen LogP contribution in [0.2, 0.25) is 0 Å². The summed E-state index contributed by atoms with van der Waals surface area (Å²) in [6.07, 6.45) is 0.107. The lowest BCUT2D eigenvalue weighted by atomic mass is 10.1. The van der Waals surface area contributed by atoms with Gasteiger partial charge in [-0.3, -0.25) is 10.1 Å². The van der Waals surface area contributed by atoms with Crippen LogP contribution in [0.3, 0.4) is 0 Å². The predicted octanol–water partition coefficient (Wildman–Crippen LogP) is 3.20. The normalized spacial score (nSPS) is 12.5. The van der Waals surface area contributed by atoms with Crippen molar-refractivity contribution in [2.24, 2.45) is 5.92 Å². The Labute approximate surface area is 125 Å². The molecule has 0 heterocycles. The fourth-order valence-electron chi connectivity index (χ4n) is 1.99. The van der Waals surface area contributed by atoms with Crippen molar-refractivity contribution >= 4 is 11.4 Å². The van der Waals surface area contributed by atoms with Gasteiger partial charge in [0.2, 0.25) is 0 Å². The topological polar surface area (TPSA) is 84.6 Å². The molecule has 0 fully saturated rings. The van der Waals surface area contributed by atoms with E-state index < -0.39 is 11.0 Å². The molecule has 0 saturated carbocycles. The maximum Gasteiger partial charge on any atom is 0.311 e. The number of nitro groups is 1. The van der Waals surface area contributed by atoms with E-state index >= 15 is 0 Å². The van der Waals surface area contributed by atoms with E-state index in [0.717, 1.165) is 0 Å². The van der Waals surface area contributed by atoms with E-state index in [-0.39, 0.29) is 17.5 Å². The molecule has 0 radical (unpaired) electrons. The van der Waals surface area contributed by atoms with Crippen LogP contribution in [-0.4, -0.2) is 28.8 Å². The second-order valence-electron chi connectivity index (χ2n) is 5.77. The monoisotopic (exact) mass is 296 g/mol. The van der Waals surface area contributed by atoms with Gasteiger partial charge in [-0.25, -0.2) is 0 Å². The number of nitro benzene ring substituents is 1. The first kappa shape index (κ1) is 17.2. The Bertz CT molecular complexity index is 475. The Balaban J connectivity index is 2.78. The van der Waals surface area contributed by atoms with Crippen molar-refractivity contribution in [1.29, 1.82) is 0 Å². The molecular formula is C15H24N2O4.